The Hall–Kier alpha value is -3.12. The number of hydrogen-bond donors (Lipinski definition) is 0. The Morgan fingerprint density at radius 3 is 2.50 bits per heavy atom. The summed E-state index contributed by atoms with van der Waals surface area (Å²) in [6, 6.07) is 14.4. The van der Waals surface area contributed by atoms with Gasteiger partial charge in [-0.3, -0.25) is 4.79 Å². The van der Waals surface area contributed by atoms with Gasteiger partial charge in [0.05, 0.1) is 19.4 Å². The zero-order chi connectivity index (χ0) is 22.9. The van der Waals surface area contributed by atoms with Crippen molar-refractivity contribution in [2.24, 2.45) is 0 Å². The van der Waals surface area contributed by atoms with Crippen LogP contribution in [0.5, 0.6) is 0 Å². The maximum Gasteiger partial charge on any atom is 0.333 e. The maximum absolute atomic E-state index is 12.1. The molecule has 1 amide bonds. The largest absolute Gasteiger partial charge is 0.466 e. The van der Waals surface area contributed by atoms with Crippen LogP contribution in [0.2, 0.25) is 0 Å². The van der Waals surface area contributed by atoms with Crippen LogP contribution in [-0.4, -0.2) is 52.3 Å². The second-order valence-electron chi connectivity index (χ2n) is 7.72. The molecule has 2 aromatic rings. The number of benzene rings is 2. The van der Waals surface area contributed by atoms with Gasteiger partial charge >= 0.3 is 5.97 Å². The van der Waals surface area contributed by atoms with E-state index in [0.717, 1.165) is 67.2 Å². The number of esters is 1. The molecule has 0 fully saturated rings. The molecule has 6 heteroatoms. The van der Waals surface area contributed by atoms with Gasteiger partial charge in [-0.2, -0.15) is 0 Å². The van der Waals surface area contributed by atoms with Crippen LogP contribution in [0.25, 0.3) is 17.2 Å². The molecular formula is C26H32N2O4. The van der Waals surface area contributed by atoms with Gasteiger partial charge in [-0.05, 0) is 66.8 Å². The summed E-state index contributed by atoms with van der Waals surface area (Å²) in [5, 5.41) is 0. The fourth-order valence-electron chi connectivity index (χ4n) is 3.89. The van der Waals surface area contributed by atoms with Crippen molar-refractivity contribution in [2.45, 2.75) is 26.7 Å². The van der Waals surface area contributed by atoms with Gasteiger partial charge in [-0.25, -0.2) is 4.79 Å². The summed E-state index contributed by atoms with van der Waals surface area (Å²) in [5.74, 6) is -0.360. The molecule has 0 bridgehead atoms. The molecule has 0 atom stereocenters. The molecule has 2 aromatic carbocycles. The number of amides is 1. The molecule has 0 aliphatic carbocycles. The summed E-state index contributed by atoms with van der Waals surface area (Å²) in [4.78, 5) is 27.6. The van der Waals surface area contributed by atoms with Crippen LogP contribution in [0.4, 0.5) is 11.4 Å². The molecule has 1 aliphatic rings. The monoisotopic (exact) mass is 436 g/mol. The maximum atomic E-state index is 12.1. The number of fused-ring (bicyclic) bond motifs is 1. The van der Waals surface area contributed by atoms with Gasteiger partial charge in [0.1, 0.15) is 0 Å². The molecule has 3 rings (SSSR count). The average molecular weight is 437 g/mol. The molecule has 0 aromatic heterocycles. The zero-order valence-corrected chi connectivity index (χ0v) is 19.2. The van der Waals surface area contributed by atoms with E-state index in [1.54, 1.807) is 4.90 Å². The first-order valence-corrected chi connectivity index (χ1v) is 11.2. The standard InChI is InChI=1S/C26H32N2O4/c1-4-15-32-16-14-27(5-2)24-9-6-20(7-10-24)21-8-11-25-23(17-21)18-22(26(30)31-3)12-13-28(25)19-29/h6-11,17-19H,4-5,12-16H2,1-3H3. The molecule has 0 unspecified atom stereocenters. The Kier molecular flexibility index (Phi) is 8.45. The fraction of sp³-hybridized carbons (Fsp3) is 0.385. The summed E-state index contributed by atoms with van der Waals surface area (Å²) in [6.45, 7) is 7.98. The van der Waals surface area contributed by atoms with E-state index in [2.05, 4.69) is 43.0 Å². The summed E-state index contributed by atoms with van der Waals surface area (Å²) in [6.07, 6.45) is 4.13. The highest BCUT2D eigenvalue weighted by molar-refractivity contribution is 5.97. The Labute approximate surface area is 190 Å². The smallest absolute Gasteiger partial charge is 0.333 e. The third kappa shape index (κ3) is 5.56. The van der Waals surface area contributed by atoms with E-state index < -0.39 is 0 Å². The highest BCUT2D eigenvalue weighted by atomic mass is 16.5. The number of likely N-dealkylation sites (N-methyl/N-ethyl adjacent to an activating group) is 1. The zero-order valence-electron chi connectivity index (χ0n) is 19.2. The quantitative estimate of drug-likeness (QED) is 0.311. The van der Waals surface area contributed by atoms with Crippen molar-refractivity contribution in [2.75, 3.05) is 49.8 Å². The first kappa shape index (κ1) is 23.5. The molecule has 170 valence electrons. The number of ether oxygens (including phenoxy) is 2. The van der Waals surface area contributed by atoms with Crippen molar-refractivity contribution < 1.29 is 19.1 Å². The summed E-state index contributed by atoms with van der Waals surface area (Å²) in [5.41, 5.74) is 5.45. The van der Waals surface area contributed by atoms with Crippen molar-refractivity contribution in [1.82, 2.24) is 0 Å². The highest BCUT2D eigenvalue weighted by Crippen LogP contribution is 2.32. The molecular weight excluding hydrogens is 404 g/mol. The lowest BCUT2D eigenvalue weighted by Gasteiger charge is -2.23. The Morgan fingerprint density at radius 1 is 1.09 bits per heavy atom. The van der Waals surface area contributed by atoms with Crippen molar-refractivity contribution >= 4 is 29.8 Å². The van der Waals surface area contributed by atoms with E-state index in [0.29, 0.717) is 18.5 Å². The molecule has 1 aliphatic heterocycles. The first-order valence-electron chi connectivity index (χ1n) is 11.2. The molecule has 0 saturated carbocycles. The lowest BCUT2D eigenvalue weighted by atomic mass is 10.00. The van der Waals surface area contributed by atoms with E-state index in [4.69, 9.17) is 9.47 Å². The van der Waals surface area contributed by atoms with Gasteiger partial charge in [0.2, 0.25) is 6.41 Å². The molecule has 0 radical (unpaired) electrons. The lowest BCUT2D eigenvalue weighted by molar-refractivity contribution is -0.136. The Balaban J connectivity index is 1.85. The van der Waals surface area contributed by atoms with Gasteiger partial charge in [0.25, 0.3) is 0 Å². The normalized spacial score (nSPS) is 13.1. The van der Waals surface area contributed by atoms with E-state index in [1.165, 1.54) is 7.11 Å². The van der Waals surface area contributed by atoms with E-state index >= 15 is 0 Å². The van der Waals surface area contributed by atoms with E-state index in [9.17, 15) is 9.59 Å². The number of hydrogen-bond acceptors (Lipinski definition) is 5. The minimum atomic E-state index is -0.360. The lowest BCUT2D eigenvalue weighted by Crippen LogP contribution is -2.27. The van der Waals surface area contributed by atoms with Gasteiger partial charge < -0.3 is 19.3 Å². The van der Waals surface area contributed by atoms with Gasteiger partial charge in [0.15, 0.2) is 0 Å². The van der Waals surface area contributed by atoms with E-state index in [1.807, 2.05) is 24.3 Å². The number of carbonyl (C=O) groups is 2. The van der Waals surface area contributed by atoms with Gasteiger partial charge in [-0.15, -0.1) is 0 Å². The summed E-state index contributed by atoms with van der Waals surface area (Å²) >= 11 is 0. The Bertz CT molecular complexity index is 953. The molecule has 0 spiro atoms. The molecule has 0 N–H and O–H groups in total. The summed E-state index contributed by atoms with van der Waals surface area (Å²) < 4.78 is 10.5. The van der Waals surface area contributed by atoms with Crippen molar-refractivity contribution in [3.63, 3.8) is 0 Å². The number of rotatable bonds is 10. The molecule has 0 saturated heterocycles. The molecule has 6 nitrogen and oxygen atoms in total. The number of methoxy groups -OCH3 is 1. The second kappa shape index (κ2) is 11.5. The van der Waals surface area contributed by atoms with Crippen molar-refractivity contribution in [3.05, 3.63) is 53.6 Å². The Morgan fingerprint density at radius 2 is 1.84 bits per heavy atom. The molecule has 1 heterocycles. The second-order valence-corrected chi connectivity index (χ2v) is 7.72. The van der Waals surface area contributed by atoms with Crippen LogP contribution >= 0.6 is 0 Å². The third-order valence-corrected chi connectivity index (χ3v) is 5.67. The SMILES string of the molecule is CCCOCCN(CC)c1ccc(-c2ccc3c(c2)C=C(C(=O)OC)CCN3C=O)cc1. The topological polar surface area (TPSA) is 59.1 Å². The van der Waals surface area contributed by atoms with Crippen LogP contribution in [0, 0.1) is 0 Å². The highest BCUT2D eigenvalue weighted by Gasteiger charge is 2.20. The summed E-state index contributed by atoms with van der Waals surface area (Å²) in [7, 11) is 1.37. The van der Waals surface area contributed by atoms with E-state index in [-0.39, 0.29) is 5.97 Å². The minimum absolute atomic E-state index is 0.360. The van der Waals surface area contributed by atoms with Gasteiger partial charge in [0, 0.05) is 37.5 Å². The van der Waals surface area contributed by atoms with Crippen LogP contribution < -0.4 is 9.80 Å². The van der Waals surface area contributed by atoms with Crippen LogP contribution in [0.3, 0.4) is 0 Å². The van der Waals surface area contributed by atoms with Gasteiger partial charge in [-0.1, -0.05) is 25.1 Å². The third-order valence-electron chi connectivity index (χ3n) is 5.67. The average Bonchev–Trinajstić information content (AvgIpc) is 3.02. The predicted octanol–water partition coefficient (Wildman–Crippen LogP) is 4.53. The number of nitrogens with zero attached hydrogens (tertiary/aromatic N) is 2. The minimum Gasteiger partial charge on any atom is -0.466 e. The number of carbonyl (C=O) groups excluding carboxylic acids is 2. The first-order chi connectivity index (χ1) is 15.6. The number of anilines is 2. The van der Waals surface area contributed by atoms with Crippen molar-refractivity contribution in [3.8, 4) is 11.1 Å². The van der Waals surface area contributed by atoms with Crippen LogP contribution in [-0.2, 0) is 19.1 Å². The van der Waals surface area contributed by atoms with Crippen LogP contribution in [0.1, 0.15) is 32.3 Å². The molecule has 32 heavy (non-hydrogen) atoms. The van der Waals surface area contributed by atoms with Crippen molar-refractivity contribution in [1.29, 1.82) is 0 Å². The fourth-order valence-corrected chi connectivity index (χ4v) is 3.89. The predicted molar refractivity (Wildman–Crippen MR) is 129 cm³/mol. The van der Waals surface area contributed by atoms with Crippen LogP contribution in [0.15, 0.2) is 48.0 Å².